The van der Waals surface area contributed by atoms with Gasteiger partial charge in [0, 0.05) is 30.0 Å². The zero-order chi connectivity index (χ0) is 18.7. The van der Waals surface area contributed by atoms with Crippen LogP contribution in [0.25, 0.3) is 0 Å². The van der Waals surface area contributed by atoms with Gasteiger partial charge in [0.15, 0.2) is 0 Å². The van der Waals surface area contributed by atoms with Gasteiger partial charge in [-0.25, -0.2) is 13.8 Å². The van der Waals surface area contributed by atoms with Gasteiger partial charge < -0.3 is 9.88 Å². The van der Waals surface area contributed by atoms with Crippen molar-refractivity contribution in [1.29, 1.82) is 0 Å². The van der Waals surface area contributed by atoms with E-state index in [0.29, 0.717) is 11.4 Å². The summed E-state index contributed by atoms with van der Waals surface area (Å²) in [5.41, 5.74) is 0.650. The van der Waals surface area contributed by atoms with E-state index in [1.54, 1.807) is 36.1 Å². The van der Waals surface area contributed by atoms with Crippen molar-refractivity contribution in [3.63, 3.8) is 0 Å². The lowest BCUT2D eigenvalue weighted by Gasteiger charge is -2.19. The predicted molar refractivity (Wildman–Crippen MR) is 94.7 cm³/mol. The van der Waals surface area contributed by atoms with Crippen LogP contribution in [0.5, 0.6) is 0 Å². The standard InChI is InChI=1S/C19H16ClF2N3O/c1-25-9-8-23-19(25)18(12-4-2-5-13(21)10-12)24-17(26)11-14-15(20)6-3-7-16(14)22/h2-10,18H,11H2,1H3,(H,24,26)/t18-/m1/s1. The molecule has 3 aromatic rings. The zero-order valence-electron chi connectivity index (χ0n) is 13.9. The summed E-state index contributed by atoms with van der Waals surface area (Å²) in [6.07, 6.45) is 3.07. The van der Waals surface area contributed by atoms with Crippen molar-refractivity contribution in [3.05, 3.63) is 88.5 Å². The molecule has 0 fully saturated rings. The molecule has 0 radical (unpaired) electrons. The van der Waals surface area contributed by atoms with E-state index in [1.165, 1.54) is 30.3 Å². The van der Waals surface area contributed by atoms with E-state index in [-0.39, 0.29) is 17.0 Å². The number of hydrogen-bond acceptors (Lipinski definition) is 2. The fourth-order valence-electron chi connectivity index (χ4n) is 2.71. The summed E-state index contributed by atoms with van der Waals surface area (Å²) in [4.78, 5) is 16.8. The molecule has 134 valence electrons. The molecule has 0 bridgehead atoms. The average Bonchev–Trinajstić information content (AvgIpc) is 3.02. The first kappa shape index (κ1) is 18.1. The van der Waals surface area contributed by atoms with Gasteiger partial charge in [0.2, 0.25) is 5.91 Å². The molecular weight excluding hydrogens is 360 g/mol. The van der Waals surface area contributed by atoms with Crippen molar-refractivity contribution < 1.29 is 13.6 Å². The molecule has 1 N–H and O–H groups in total. The summed E-state index contributed by atoms with van der Waals surface area (Å²) in [5.74, 6) is -0.891. The Morgan fingerprint density at radius 1 is 1.27 bits per heavy atom. The SMILES string of the molecule is Cn1ccnc1[C@H](NC(=O)Cc1c(F)cccc1Cl)c1cccc(F)c1. The lowest BCUT2D eigenvalue weighted by molar-refractivity contribution is -0.121. The second-order valence-corrected chi connectivity index (χ2v) is 6.24. The van der Waals surface area contributed by atoms with E-state index < -0.39 is 23.6 Å². The van der Waals surface area contributed by atoms with Crippen molar-refractivity contribution in [3.8, 4) is 0 Å². The molecule has 0 unspecified atom stereocenters. The monoisotopic (exact) mass is 375 g/mol. The van der Waals surface area contributed by atoms with Crippen LogP contribution in [-0.4, -0.2) is 15.5 Å². The minimum Gasteiger partial charge on any atom is -0.342 e. The van der Waals surface area contributed by atoms with Gasteiger partial charge in [-0.2, -0.15) is 0 Å². The first-order valence-corrected chi connectivity index (χ1v) is 8.28. The molecule has 0 saturated heterocycles. The Labute approximate surface area is 154 Å². The lowest BCUT2D eigenvalue weighted by Crippen LogP contribution is -2.32. The number of aromatic nitrogens is 2. The number of aryl methyl sites for hydroxylation is 1. The maximum Gasteiger partial charge on any atom is 0.225 e. The third-order valence-corrected chi connectivity index (χ3v) is 4.36. The Balaban J connectivity index is 1.89. The normalized spacial score (nSPS) is 12.0. The first-order valence-electron chi connectivity index (χ1n) is 7.90. The van der Waals surface area contributed by atoms with E-state index in [4.69, 9.17) is 11.6 Å². The van der Waals surface area contributed by atoms with Gasteiger partial charge in [0.1, 0.15) is 23.5 Å². The summed E-state index contributed by atoms with van der Waals surface area (Å²) in [6.45, 7) is 0. The molecule has 0 aliphatic heterocycles. The summed E-state index contributed by atoms with van der Waals surface area (Å²) >= 11 is 5.99. The van der Waals surface area contributed by atoms with Crippen molar-refractivity contribution in [2.45, 2.75) is 12.5 Å². The van der Waals surface area contributed by atoms with Crippen molar-refractivity contribution in [2.24, 2.45) is 7.05 Å². The molecule has 1 aromatic heterocycles. The third-order valence-electron chi connectivity index (χ3n) is 4.00. The molecule has 4 nitrogen and oxygen atoms in total. The Hall–Kier alpha value is -2.73. The van der Waals surface area contributed by atoms with Gasteiger partial charge in [-0.1, -0.05) is 29.8 Å². The zero-order valence-corrected chi connectivity index (χ0v) is 14.7. The van der Waals surface area contributed by atoms with Crippen molar-refractivity contribution >= 4 is 17.5 Å². The molecular formula is C19H16ClF2N3O. The molecule has 1 atom stereocenters. The Bertz CT molecular complexity index is 922. The molecule has 2 aromatic carbocycles. The minimum atomic E-state index is -0.677. The fraction of sp³-hybridized carbons (Fsp3) is 0.158. The number of carbonyl (C=O) groups excluding carboxylic acids is 1. The first-order chi connectivity index (χ1) is 12.5. The second kappa shape index (κ2) is 7.66. The van der Waals surface area contributed by atoms with Gasteiger partial charge in [-0.05, 0) is 29.8 Å². The number of hydrogen-bond donors (Lipinski definition) is 1. The van der Waals surface area contributed by atoms with Gasteiger partial charge in [-0.15, -0.1) is 0 Å². The van der Waals surface area contributed by atoms with E-state index in [9.17, 15) is 13.6 Å². The molecule has 7 heteroatoms. The molecule has 3 rings (SSSR count). The fourth-order valence-corrected chi connectivity index (χ4v) is 2.94. The van der Waals surface area contributed by atoms with E-state index in [1.807, 2.05) is 0 Å². The Kier molecular flexibility index (Phi) is 5.32. The maximum atomic E-state index is 13.9. The van der Waals surface area contributed by atoms with Crippen LogP contribution in [0.15, 0.2) is 54.9 Å². The van der Waals surface area contributed by atoms with Crippen LogP contribution in [0.3, 0.4) is 0 Å². The molecule has 26 heavy (non-hydrogen) atoms. The topological polar surface area (TPSA) is 46.9 Å². The second-order valence-electron chi connectivity index (χ2n) is 5.83. The quantitative estimate of drug-likeness (QED) is 0.737. The van der Waals surface area contributed by atoms with E-state index >= 15 is 0 Å². The van der Waals surface area contributed by atoms with Crippen LogP contribution in [0.4, 0.5) is 8.78 Å². The lowest BCUT2D eigenvalue weighted by atomic mass is 10.0. The smallest absolute Gasteiger partial charge is 0.225 e. The highest BCUT2D eigenvalue weighted by molar-refractivity contribution is 6.31. The minimum absolute atomic E-state index is 0.115. The Morgan fingerprint density at radius 3 is 2.69 bits per heavy atom. The molecule has 1 amide bonds. The average molecular weight is 376 g/mol. The predicted octanol–water partition coefficient (Wildman–Crippen LogP) is 3.80. The molecule has 0 saturated carbocycles. The van der Waals surface area contributed by atoms with Crippen LogP contribution in [0, 0.1) is 11.6 Å². The molecule has 0 aliphatic rings. The molecule has 0 aliphatic carbocycles. The molecule has 1 heterocycles. The highest BCUT2D eigenvalue weighted by Gasteiger charge is 2.22. The van der Waals surface area contributed by atoms with Crippen LogP contribution in [0.1, 0.15) is 23.0 Å². The van der Waals surface area contributed by atoms with Gasteiger partial charge in [-0.3, -0.25) is 4.79 Å². The van der Waals surface area contributed by atoms with Crippen molar-refractivity contribution in [1.82, 2.24) is 14.9 Å². The number of carbonyl (C=O) groups is 1. The third kappa shape index (κ3) is 3.91. The van der Waals surface area contributed by atoms with Crippen LogP contribution < -0.4 is 5.32 Å². The number of halogens is 3. The summed E-state index contributed by atoms with van der Waals surface area (Å²) in [5, 5.41) is 2.97. The number of benzene rings is 2. The van der Waals surface area contributed by atoms with Gasteiger partial charge >= 0.3 is 0 Å². The maximum absolute atomic E-state index is 13.9. The number of nitrogens with one attached hydrogen (secondary N) is 1. The summed E-state index contributed by atoms with van der Waals surface area (Å²) < 4.78 is 29.3. The molecule has 0 spiro atoms. The van der Waals surface area contributed by atoms with Gasteiger partial charge in [0.05, 0.1) is 6.42 Å². The van der Waals surface area contributed by atoms with Crippen LogP contribution in [-0.2, 0) is 18.3 Å². The van der Waals surface area contributed by atoms with Gasteiger partial charge in [0.25, 0.3) is 0 Å². The van der Waals surface area contributed by atoms with E-state index in [0.717, 1.165) is 0 Å². The number of imidazole rings is 1. The summed E-state index contributed by atoms with van der Waals surface area (Å²) in [7, 11) is 1.77. The number of amides is 1. The number of rotatable bonds is 5. The van der Waals surface area contributed by atoms with Crippen LogP contribution >= 0.6 is 11.6 Å². The number of nitrogens with zero attached hydrogens (tertiary/aromatic N) is 2. The van der Waals surface area contributed by atoms with Crippen molar-refractivity contribution in [2.75, 3.05) is 0 Å². The van der Waals surface area contributed by atoms with E-state index in [2.05, 4.69) is 10.3 Å². The highest BCUT2D eigenvalue weighted by Crippen LogP contribution is 2.23. The summed E-state index contributed by atoms with van der Waals surface area (Å²) in [6, 6.07) is 9.47. The Morgan fingerprint density at radius 2 is 2.04 bits per heavy atom. The van der Waals surface area contributed by atoms with Crippen LogP contribution in [0.2, 0.25) is 5.02 Å². The largest absolute Gasteiger partial charge is 0.342 e. The highest BCUT2D eigenvalue weighted by atomic mass is 35.5.